The molecule has 1 atom stereocenters. The highest BCUT2D eigenvalue weighted by Gasteiger charge is 2.15. The second kappa shape index (κ2) is 9.78. The third-order valence-corrected chi connectivity index (χ3v) is 3.82. The van der Waals surface area contributed by atoms with Crippen molar-refractivity contribution in [2.75, 3.05) is 25.5 Å². The van der Waals surface area contributed by atoms with E-state index in [2.05, 4.69) is 16.0 Å². The summed E-state index contributed by atoms with van der Waals surface area (Å²) in [5.41, 5.74) is 2.75. The number of nitrogens with zero attached hydrogens (tertiary/aromatic N) is 1. The number of amides is 4. The van der Waals surface area contributed by atoms with E-state index in [9.17, 15) is 14.4 Å². The molecule has 0 heterocycles. The molecule has 4 amide bonds. The Balaban J connectivity index is 2.45. The van der Waals surface area contributed by atoms with Gasteiger partial charge in [0.2, 0.25) is 11.8 Å². The molecule has 1 rings (SSSR count). The van der Waals surface area contributed by atoms with Crippen molar-refractivity contribution in [3.05, 3.63) is 29.3 Å². The smallest absolute Gasteiger partial charge is 0.321 e. The molecule has 0 spiro atoms. The van der Waals surface area contributed by atoms with E-state index in [0.717, 1.165) is 23.2 Å². The number of carbonyl (C=O) groups is 3. The Labute approximate surface area is 149 Å². The maximum atomic E-state index is 12.2. The number of urea groups is 1. The van der Waals surface area contributed by atoms with Gasteiger partial charge < -0.3 is 10.6 Å². The first-order chi connectivity index (χ1) is 11.7. The summed E-state index contributed by atoms with van der Waals surface area (Å²) in [6, 6.07) is 5.26. The van der Waals surface area contributed by atoms with Gasteiger partial charge in [0.1, 0.15) is 0 Å². The van der Waals surface area contributed by atoms with Crippen molar-refractivity contribution in [1.82, 2.24) is 15.5 Å². The van der Waals surface area contributed by atoms with Gasteiger partial charge in [0, 0.05) is 11.7 Å². The molecule has 0 bridgehead atoms. The van der Waals surface area contributed by atoms with Crippen LogP contribution in [-0.2, 0) is 9.59 Å². The van der Waals surface area contributed by atoms with E-state index in [1.165, 1.54) is 0 Å². The molecule has 0 radical (unpaired) electrons. The maximum absolute atomic E-state index is 12.2. The topological polar surface area (TPSA) is 90.5 Å². The Bertz CT molecular complexity index is 610. The van der Waals surface area contributed by atoms with Crippen LogP contribution in [0.4, 0.5) is 10.5 Å². The van der Waals surface area contributed by atoms with E-state index in [-0.39, 0.29) is 25.0 Å². The highest BCUT2D eigenvalue weighted by Crippen LogP contribution is 2.19. The molecule has 7 heteroatoms. The van der Waals surface area contributed by atoms with Gasteiger partial charge in [0.25, 0.3) is 0 Å². The van der Waals surface area contributed by atoms with Crippen molar-refractivity contribution < 1.29 is 14.4 Å². The van der Waals surface area contributed by atoms with E-state index in [4.69, 9.17) is 0 Å². The number of imide groups is 1. The van der Waals surface area contributed by atoms with Crippen molar-refractivity contribution >= 4 is 23.5 Å². The number of likely N-dealkylation sites (N-methyl/N-ethyl adjacent to an activating group) is 1. The summed E-state index contributed by atoms with van der Waals surface area (Å²) in [6.45, 7) is 7.65. The fourth-order valence-electron chi connectivity index (χ4n) is 2.26. The van der Waals surface area contributed by atoms with Gasteiger partial charge >= 0.3 is 6.03 Å². The van der Waals surface area contributed by atoms with Crippen molar-refractivity contribution in [2.45, 2.75) is 40.2 Å². The predicted molar refractivity (Wildman–Crippen MR) is 98.5 cm³/mol. The monoisotopic (exact) mass is 348 g/mol. The van der Waals surface area contributed by atoms with Gasteiger partial charge in [0.15, 0.2) is 0 Å². The van der Waals surface area contributed by atoms with Crippen LogP contribution in [0.3, 0.4) is 0 Å². The van der Waals surface area contributed by atoms with Crippen LogP contribution in [-0.4, -0.2) is 48.9 Å². The van der Waals surface area contributed by atoms with E-state index in [0.29, 0.717) is 0 Å². The summed E-state index contributed by atoms with van der Waals surface area (Å²) >= 11 is 0. The van der Waals surface area contributed by atoms with Crippen LogP contribution in [0.15, 0.2) is 18.2 Å². The van der Waals surface area contributed by atoms with Crippen LogP contribution in [0.1, 0.15) is 31.4 Å². The molecule has 1 aromatic carbocycles. The van der Waals surface area contributed by atoms with Gasteiger partial charge in [-0.15, -0.1) is 0 Å². The summed E-state index contributed by atoms with van der Waals surface area (Å²) in [7, 11) is 1.65. The summed E-state index contributed by atoms with van der Waals surface area (Å²) in [5, 5.41) is 7.77. The first-order valence-electron chi connectivity index (χ1n) is 8.37. The van der Waals surface area contributed by atoms with Gasteiger partial charge in [0.05, 0.1) is 13.1 Å². The molecule has 138 valence electrons. The maximum Gasteiger partial charge on any atom is 0.321 e. The van der Waals surface area contributed by atoms with Crippen LogP contribution in [0, 0.1) is 13.8 Å². The second-order valence-corrected chi connectivity index (χ2v) is 6.32. The Morgan fingerprint density at radius 2 is 1.64 bits per heavy atom. The number of rotatable bonds is 7. The van der Waals surface area contributed by atoms with Crippen molar-refractivity contribution in [3.63, 3.8) is 0 Å². The Morgan fingerprint density at radius 3 is 2.20 bits per heavy atom. The summed E-state index contributed by atoms with van der Waals surface area (Å²) < 4.78 is 0. The molecule has 0 unspecified atom stereocenters. The second-order valence-electron chi connectivity index (χ2n) is 6.32. The number of nitrogens with one attached hydrogen (secondary N) is 3. The molecule has 0 aliphatic rings. The lowest BCUT2D eigenvalue weighted by Gasteiger charge is -2.18. The molecule has 3 N–H and O–H groups in total. The molecule has 0 fully saturated rings. The first kappa shape index (κ1) is 20.6. The number of hydrogen-bond donors (Lipinski definition) is 3. The highest BCUT2D eigenvalue weighted by atomic mass is 16.2. The van der Waals surface area contributed by atoms with E-state index in [1.54, 1.807) is 11.9 Å². The molecule has 7 nitrogen and oxygen atoms in total. The number of para-hydroxylation sites is 1. The van der Waals surface area contributed by atoms with Gasteiger partial charge in [-0.05, 0) is 45.4 Å². The van der Waals surface area contributed by atoms with E-state index < -0.39 is 11.9 Å². The zero-order valence-electron chi connectivity index (χ0n) is 15.6. The Hall–Kier alpha value is -2.41. The third-order valence-electron chi connectivity index (χ3n) is 3.82. The Kier molecular flexibility index (Phi) is 8.07. The number of aryl methyl sites for hydroxylation is 2. The summed E-state index contributed by atoms with van der Waals surface area (Å²) in [4.78, 5) is 37.1. The average Bonchev–Trinajstić information content (AvgIpc) is 2.50. The average molecular weight is 348 g/mol. The lowest BCUT2D eigenvalue weighted by Crippen LogP contribution is -2.47. The van der Waals surface area contributed by atoms with Crippen LogP contribution in [0.5, 0.6) is 0 Å². The minimum atomic E-state index is -0.521. The number of benzene rings is 1. The van der Waals surface area contributed by atoms with Crippen molar-refractivity contribution in [1.29, 1.82) is 0 Å². The fourth-order valence-corrected chi connectivity index (χ4v) is 2.26. The number of carbonyl (C=O) groups excluding carboxylic acids is 3. The summed E-state index contributed by atoms with van der Waals surface area (Å²) in [5.74, 6) is -0.667. The van der Waals surface area contributed by atoms with Crippen LogP contribution >= 0.6 is 0 Å². The zero-order valence-corrected chi connectivity index (χ0v) is 15.6. The van der Waals surface area contributed by atoms with Gasteiger partial charge in [-0.2, -0.15) is 0 Å². The first-order valence-corrected chi connectivity index (χ1v) is 8.37. The van der Waals surface area contributed by atoms with Gasteiger partial charge in [-0.3, -0.25) is 19.8 Å². The van der Waals surface area contributed by atoms with E-state index >= 15 is 0 Å². The highest BCUT2D eigenvalue weighted by molar-refractivity contribution is 5.96. The minimum Gasteiger partial charge on any atom is -0.335 e. The summed E-state index contributed by atoms with van der Waals surface area (Å²) in [6.07, 6.45) is 0.778. The lowest BCUT2D eigenvalue weighted by molar-refractivity contribution is -0.122. The fraction of sp³-hybridized carbons (Fsp3) is 0.500. The van der Waals surface area contributed by atoms with Crippen LogP contribution in [0.2, 0.25) is 0 Å². The van der Waals surface area contributed by atoms with Gasteiger partial charge in [-0.25, -0.2) is 4.79 Å². The molecule has 0 aromatic heterocycles. The van der Waals surface area contributed by atoms with Crippen LogP contribution in [0.25, 0.3) is 0 Å². The molecule has 0 aliphatic carbocycles. The molecular formula is C18H28N4O3. The molecular weight excluding hydrogens is 320 g/mol. The SMILES string of the molecule is CC[C@H](C)NC(=O)NC(=O)CN(C)CC(=O)Nc1c(C)cccc1C. The predicted octanol–water partition coefficient (Wildman–Crippen LogP) is 1.80. The third kappa shape index (κ3) is 7.34. The molecule has 25 heavy (non-hydrogen) atoms. The normalized spacial score (nSPS) is 11.8. The Morgan fingerprint density at radius 1 is 1.08 bits per heavy atom. The van der Waals surface area contributed by atoms with Crippen molar-refractivity contribution in [2.24, 2.45) is 0 Å². The number of hydrogen-bond acceptors (Lipinski definition) is 4. The largest absolute Gasteiger partial charge is 0.335 e. The standard InChI is InChI=1S/C18H28N4O3/c1-6-14(4)19-18(25)21-16(24)11-22(5)10-15(23)20-17-12(2)8-7-9-13(17)3/h7-9,14H,6,10-11H2,1-5H3,(H,20,23)(H2,19,21,24,25)/t14-/m0/s1. The molecule has 1 aromatic rings. The minimum absolute atomic E-state index is 0.00587. The molecule has 0 saturated carbocycles. The van der Waals surface area contributed by atoms with Crippen molar-refractivity contribution in [3.8, 4) is 0 Å². The number of anilines is 1. The van der Waals surface area contributed by atoms with E-state index in [1.807, 2.05) is 45.9 Å². The quantitative estimate of drug-likeness (QED) is 0.701. The van der Waals surface area contributed by atoms with Crippen LogP contribution < -0.4 is 16.0 Å². The van der Waals surface area contributed by atoms with Gasteiger partial charge in [-0.1, -0.05) is 25.1 Å². The molecule has 0 aliphatic heterocycles. The lowest BCUT2D eigenvalue weighted by atomic mass is 10.1. The molecule has 0 saturated heterocycles. The zero-order chi connectivity index (χ0) is 19.0.